The maximum absolute atomic E-state index is 10.7. The van der Waals surface area contributed by atoms with Gasteiger partial charge in [0.1, 0.15) is 11.9 Å². The lowest BCUT2D eigenvalue weighted by Crippen LogP contribution is -2.46. The van der Waals surface area contributed by atoms with Crippen LogP contribution in [0.2, 0.25) is 0 Å². The van der Waals surface area contributed by atoms with Gasteiger partial charge in [0.2, 0.25) is 0 Å². The Morgan fingerprint density at radius 2 is 2.00 bits per heavy atom. The highest BCUT2D eigenvalue weighted by Crippen LogP contribution is 2.39. The third kappa shape index (κ3) is 3.46. The van der Waals surface area contributed by atoms with Crippen LogP contribution in [-0.2, 0) is 0 Å². The molecular weight excluding hydrogens is 380 g/mol. The van der Waals surface area contributed by atoms with Gasteiger partial charge in [0, 0.05) is 18.2 Å². The van der Waals surface area contributed by atoms with Crippen molar-refractivity contribution >= 4 is 37.5 Å². The summed E-state index contributed by atoms with van der Waals surface area (Å²) < 4.78 is 7.06. The van der Waals surface area contributed by atoms with Crippen LogP contribution in [0.4, 0.5) is 5.69 Å². The zero-order chi connectivity index (χ0) is 14.0. The third-order valence-corrected chi connectivity index (χ3v) is 4.24. The van der Waals surface area contributed by atoms with Crippen LogP contribution in [-0.4, -0.2) is 23.6 Å². The van der Waals surface area contributed by atoms with Crippen molar-refractivity contribution in [1.82, 2.24) is 5.32 Å². The van der Waals surface area contributed by atoms with Gasteiger partial charge in [-0.2, -0.15) is 0 Å². The van der Waals surface area contributed by atoms with E-state index in [0.29, 0.717) is 20.7 Å². The molecule has 0 saturated heterocycles. The normalized spacial score (nSPS) is 21.8. The number of benzene rings is 1. The Labute approximate surface area is 128 Å². The van der Waals surface area contributed by atoms with Crippen molar-refractivity contribution in [3.8, 4) is 5.75 Å². The number of non-ortho nitro benzene ring substituents is 1. The number of ether oxygens (including phenoxy) is 1. The first kappa shape index (κ1) is 14.7. The van der Waals surface area contributed by atoms with E-state index < -0.39 is 4.92 Å². The maximum Gasteiger partial charge on any atom is 0.271 e. The SMILES string of the molecule is CCNC1CC(Oc2c(Br)cc([N+](=O)[O-])cc2Br)C1. The molecule has 1 aliphatic carbocycles. The largest absolute Gasteiger partial charge is 0.488 e. The number of hydrogen-bond acceptors (Lipinski definition) is 4. The van der Waals surface area contributed by atoms with E-state index in [1.54, 1.807) is 0 Å². The van der Waals surface area contributed by atoms with Gasteiger partial charge >= 0.3 is 0 Å². The lowest BCUT2D eigenvalue weighted by molar-refractivity contribution is -0.385. The van der Waals surface area contributed by atoms with E-state index in [4.69, 9.17) is 4.74 Å². The average molecular weight is 394 g/mol. The standard InChI is InChI=1S/C12H14Br2N2O3/c1-2-15-7-3-9(4-7)19-12-10(13)5-8(16(17)18)6-11(12)14/h5-7,9,15H,2-4H2,1H3. The predicted octanol–water partition coefficient (Wildman–Crippen LogP) is 3.64. The molecule has 1 aliphatic rings. The Balaban J connectivity index is 2.04. The highest BCUT2D eigenvalue weighted by molar-refractivity contribution is 9.11. The molecule has 1 N–H and O–H groups in total. The summed E-state index contributed by atoms with van der Waals surface area (Å²) in [6.45, 7) is 3.04. The summed E-state index contributed by atoms with van der Waals surface area (Å²) in [7, 11) is 0. The van der Waals surface area contributed by atoms with Crippen LogP contribution < -0.4 is 10.1 Å². The summed E-state index contributed by atoms with van der Waals surface area (Å²) in [5.74, 6) is 0.630. The molecule has 19 heavy (non-hydrogen) atoms. The summed E-state index contributed by atoms with van der Waals surface area (Å²) in [4.78, 5) is 10.3. The van der Waals surface area contributed by atoms with E-state index in [1.165, 1.54) is 12.1 Å². The van der Waals surface area contributed by atoms with Crippen molar-refractivity contribution in [2.24, 2.45) is 0 Å². The van der Waals surface area contributed by atoms with Gasteiger partial charge in [0.05, 0.1) is 13.9 Å². The van der Waals surface area contributed by atoms with Crippen molar-refractivity contribution in [3.05, 3.63) is 31.2 Å². The number of rotatable bonds is 5. The summed E-state index contributed by atoms with van der Waals surface area (Å²) in [5, 5.41) is 14.1. The molecule has 5 nitrogen and oxygen atoms in total. The number of nitro groups is 1. The molecule has 0 atom stereocenters. The molecule has 1 aromatic carbocycles. The molecule has 0 amide bonds. The van der Waals surface area contributed by atoms with Crippen LogP contribution in [0.3, 0.4) is 0 Å². The van der Waals surface area contributed by atoms with E-state index in [1.807, 2.05) is 0 Å². The Hall–Kier alpha value is -0.660. The van der Waals surface area contributed by atoms with Crippen LogP contribution in [0.1, 0.15) is 19.8 Å². The number of hydrogen-bond donors (Lipinski definition) is 1. The van der Waals surface area contributed by atoms with Crippen LogP contribution in [0.25, 0.3) is 0 Å². The van der Waals surface area contributed by atoms with Crippen LogP contribution in [0.15, 0.2) is 21.1 Å². The highest BCUT2D eigenvalue weighted by atomic mass is 79.9. The van der Waals surface area contributed by atoms with Crippen molar-refractivity contribution in [3.63, 3.8) is 0 Å². The monoisotopic (exact) mass is 392 g/mol. The molecular formula is C12H14Br2N2O3. The van der Waals surface area contributed by atoms with Gasteiger partial charge in [-0.25, -0.2) is 0 Å². The summed E-state index contributed by atoms with van der Waals surface area (Å²) >= 11 is 6.64. The molecule has 0 spiro atoms. The van der Waals surface area contributed by atoms with Gasteiger partial charge in [-0.3, -0.25) is 10.1 Å². The second-order valence-corrected chi connectivity index (χ2v) is 6.17. The minimum Gasteiger partial charge on any atom is -0.488 e. The fourth-order valence-electron chi connectivity index (χ4n) is 2.05. The molecule has 0 heterocycles. The second-order valence-electron chi connectivity index (χ2n) is 4.46. The fraction of sp³-hybridized carbons (Fsp3) is 0.500. The lowest BCUT2D eigenvalue weighted by atomic mass is 9.89. The van der Waals surface area contributed by atoms with Crippen molar-refractivity contribution in [2.75, 3.05) is 6.54 Å². The first-order valence-electron chi connectivity index (χ1n) is 6.04. The van der Waals surface area contributed by atoms with Gasteiger partial charge in [0.25, 0.3) is 5.69 Å². The number of nitro benzene ring substituents is 1. The highest BCUT2D eigenvalue weighted by Gasteiger charge is 2.31. The topological polar surface area (TPSA) is 64.4 Å². The zero-order valence-electron chi connectivity index (χ0n) is 10.4. The second kappa shape index (κ2) is 6.19. The van der Waals surface area contributed by atoms with Gasteiger partial charge < -0.3 is 10.1 Å². The van der Waals surface area contributed by atoms with Gasteiger partial charge in [-0.05, 0) is 51.2 Å². The van der Waals surface area contributed by atoms with Crippen molar-refractivity contribution in [1.29, 1.82) is 0 Å². The van der Waals surface area contributed by atoms with E-state index in [0.717, 1.165) is 19.4 Å². The van der Waals surface area contributed by atoms with E-state index in [-0.39, 0.29) is 11.8 Å². The molecule has 104 valence electrons. The molecule has 0 unspecified atom stereocenters. The van der Waals surface area contributed by atoms with E-state index in [9.17, 15) is 10.1 Å². The molecule has 0 radical (unpaired) electrons. The molecule has 0 aromatic heterocycles. The van der Waals surface area contributed by atoms with Crippen LogP contribution in [0, 0.1) is 10.1 Å². The molecule has 2 rings (SSSR count). The summed E-state index contributed by atoms with van der Waals surface area (Å²) in [6, 6.07) is 3.44. The first-order valence-corrected chi connectivity index (χ1v) is 7.63. The number of nitrogens with one attached hydrogen (secondary N) is 1. The third-order valence-electron chi connectivity index (χ3n) is 3.07. The minimum absolute atomic E-state index is 0.0326. The Morgan fingerprint density at radius 1 is 1.42 bits per heavy atom. The smallest absolute Gasteiger partial charge is 0.271 e. The number of halogens is 2. The fourth-order valence-corrected chi connectivity index (χ4v) is 3.40. The minimum atomic E-state index is -0.427. The molecule has 0 bridgehead atoms. The average Bonchev–Trinajstić information content (AvgIpc) is 2.29. The van der Waals surface area contributed by atoms with E-state index >= 15 is 0 Å². The van der Waals surface area contributed by atoms with Crippen LogP contribution >= 0.6 is 31.9 Å². The van der Waals surface area contributed by atoms with Gasteiger partial charge in [-0.1, -0.05) is 6.92 Å². The van der Waals surface area contributed by atoms with Crippen molar-refractivity contribution in [2.45, 2.75) is 31.9 Å². The molecule has 1 saturated carbocycles. The maximum atomic E-state index is 10.7. The first-order chi connectivity index (χ1) is 9.01. The number of nitrogens with zero attached hydrogens (tertiary/aromatic N) is 1. The van der Waals surface area contributed by atoms with Gasteiger partial charge in [-0.15, -0.1) is 0 Å². The summed E-state index contributed by atoms with van der Waals surface area (Å²) in [5.41, 5.74) is 0.0326. The Bertz CT molecular complexity index is 467. The lowest BCUT2D eigenvalue weighted by Gasteiger charge is -2.36. The Kier molecular flexibility index (Phi) is 4.81. The molecule has 1 aromatic rings. The van der Waals surface area contributed by atoms with E-state index in [2.05, 4.69) is 44.1 Å². The molecule has 1 fully saturated rings. The van der Waals surface area contributed by atoms with Crippen molar-refractivity contribution < 1.29 is 9.66 Å². The zero-order valence-corrected chi connectivity index (χ0v) is 13.5. The Morgan fingerprint density at radius 3 is 2.47 bits per heavy atom. The molecule has 7 heteroatoms. The summed E-state index contributed by atoms with van der Waals surface area (Å²) in [6.07, 6.45) is 2.09. The quantitative estimate of drug-likeness (QED) is 0.612. The van der Waals surface area contributed by atoms with Gasteiger partial charge in [0.15, 0.2) is 0 Å². The molecule has 0 aliphatic heterocycles. The van der Waals surface area contributed by atoms with Crippen LogP contribution in [0.5, 0.6) is 5.75 Å². The predicted molar refractivity (Wildman–Crippen MR) is 79.6 cm³/mol.